The van der Waals surface area contributed by atoms with Crippen LogP contribution in [0.5, 0.6) is 0 Å². The Hall–Kier alpha value is -6.90. The lowest BCUT2D eigenvalue weighted by atomic mass is 9.90. The van der Waals surface area contributed by atoms with Crippen molar-refractivity contribution in [3.63, 3.8) is 0 Å². The first kappa shape index (κ1) is 43.7. The SMILES string of the molecule is COC(=O)N[C@H](C(=O)N1CC2(CC2)C[C@H]1c1ncc(-c2ccc3c(c2)C(F)(F)c2cc(-c4ccc5c(c4)CC([C@@H]4[C@H]6CC[C@H](C6)N4C(=O)[C@H](NC(=O)OC)c4ccccc4)=N5)ccc2-3)[nH]1)C(C)C. The number of methoxy groups -OCH3 is 2. The fourth-order valence-electron chi connectivity index (χ4n) is 11.7. The maximum absolute atomic E-state index is 16.7. The van der Waals surface area contributed by atoms with Crippen LogP contribution in [0.4, 0.5) is 24.1 Å². The summed E-state index contributed by atoms with van der Waals surface area (Å²) in [5, 5.41) is 5.48. The van der Waals surface area contributed by atoms with Crippen LogP contribution in [0.2, 0.25) is 0 Å². The zero-order valence-electron chi connectivity index (χ0n) is 38.4. The van der Waals surface area contributed by atoms with Crippen molar-refractivity contribution in [2.45, 2.75) is 94.9 Å². The molecule has 1 aromatic heterocycles. The first-order valence-electron chi connectivity index (χ1n) is 23.6. The van der Waals surface area contributed by atoms with E-state index >= 15 is 8.78 Å². The van der Waals surface area contributed by atoms with Gasteiger partial charge in [0.2, 0.25) is 5.91 Å². The number of imidazole rings is 1. The third-order valence-corrected chi connectivity index (χ3v) is 15.4. The van der Waals surface area contributed by atoms with Gasteiger partial charge in [0.15, 0.2) is 0 Å². The quantitative estimate of drug-likeness (QED) is 0.126. The highest BCUT2D eigenvalue weighted by atomic mass is 19.3. The number of carbonyl (C=O) groups is 4. The number of aromatic amines is 1. The van der Waals surface area contributed by atoms with E-state index in [0.717, 1.165) is 61.1 Å². The van der Waals surface area contributed by atoms with Crippen molar-refractivity contribution in [1.29, 1.82) is 0 Å². The topological polar surface area (TPSA) is 158 Å². The number of amides is 4. The Morgan fingerprint density at radius 2 is 1.50 bits per heavy atom. The van der Waals surface area contributed by atoms with Crippen molar-refractivity contribution in [2.75, 3.05) is 20.8 Å². The van der Waals surface area contributed by atoms with E-state index in [-0.39, 0.29) is 58.3 Å². The number of alkyl halides is 2. The lowest BCUT2D eigenvalue weighted by Gasteiger charge is -2.37. The molecule has 11 rings (SSSR count). The second kappa shape index (κ2) is 16.4. The maximum Gasteiger partial charge on any atom is 0.407 e. The number of piperidine rings is 1. The van der Waals surface area contributed by atoms with Crippen LogP contribution >= 0.6 is 0 Å². The van der Waals surface area contributed by atoms with Gasteiger partial charge in [0.05, 0.1) is 43.9 Å². The number of alkyl carbamates (subject to hydrolysis) is 2. The average Bonchev–Trinajstić information content (AvgIpc) is 4.01. The van der Waals surface area contributed by atoms with E-state index in [0.29, 0.717) is 52.3 Å². The van der Waals surface area contributed by atoms with Gasteiger partial charge >= 0.3 is 12.2 Å². The summed E-state index contributed by atoms with van der Waals surface area (Å²) >= 11 is 0. The summed E-state index contributed by atoms with van der Waals surface area (Å²) < 4.78 is 43.2. The second-order valence-corrected chi connectivity index (χ2v) is 19.8. The minimum atomic E-state index is -3.28. The molecule has 4 fully saturated rings. The van der Waals surface area contributed by atoms with E-state index < -0.39 is 30.2 Å². The van der Waals surface area contributed by atoms with Gasteiger partial charge in [0, 0.05) is 41.4 Å². The first-order valence-corrected chi connectivity index (χ1v) is 23.6. The number of hydrogen-bond donors (Lipinski definition) is 3. The first-order chi connectivity index (χ1) is 32.8. The van der Waals surface area contributed by atoms with Gasteiger partial charge < -0.3 is 34.9 Å². The molecule has 2 saturated heterocycles. The number of nitrogens with one attached hydrogen (secondary N) is 3. The van der Waals surface area contributed by atoms with Gasteiger partial charge in [0.1, 0.15) is 17.9 Å². The van der Waals surface area contributed by atoms with E-state index in [2.05, 4.69) is 15.6 Å². The molecule has 350 valence electrons. The van der Waals surface area contributed by atoms with E-state index in [9.17, 15) is 19.2 Å². The largest absolute Gasteiger partial charge is 0.453 e. The van der Waals surface area contributed by atoms with Gasteiger partial charge in [-0.3, -0.25) is 14.6 Å². The van der Waals surface area contributed by atoms with Crippen molar-refractivity contribution >= 4 is 35.4 Å². The number of hydrogen-bond acceptors (Lipinski definition) is 8. The van der Waals surface area contributed by atoms with Crippen molar-refractivity contribution in [3.8, 4) is 33.5 Å². The molecule has 6 aliphatic rings. The average molecular weight is 922 g/mol. The van der Waals surface area contributed by atoms with Crippen molar-refractivity contribution in [1.82, 2.24) is 30.4 Å². The maximum atomic E-state index is 16.7. The third kappa shape index (κ3) is 7.32. The molecule has 6 atom stereocenters. The molecular formula is C53H53F2N7O6. The normalized spacial score (nSPS) is 22.9. The minimum absolute atomic E-state index is 0.00949. The molecule has 15 heteroatoms. The molecule has 3 N–H and O–H groups in total. The van der Waals surface area contributed by atoms with Crippen molar-refractivity contribution in [3.05, 3.63) is 119 Å². The molecule has 4 heterocycles. The van der Waals surface area contributed by atoms with E-state index in [4.69, 9.17) is 19.5 Å². The predicted octanol–water partition coefficient (Wildman–Crippen LogP) is 9.40. The third-order valence-electron chi connectivity index (χ3n) is 15.4. The second-order valence-electron chi connectivity index (χ2n) is 19.8. The van der Waals surface area contributed by atoms with Crippen LogP contribution < -0.4 is 10.6 Å². The molecule has 2 saturated carbocycles. The molecule has 13 nitrogen and oxygen atoms in total. The number of rotatable bonds is 10. The van der Waals surface area contributed by atoms with Crippen LogP contribution in [0, 0.1) is 17.3 Å². The summed E-state index contributed by atoms with van der Waals surface area (Å²) in [5.74, 6) is -3.04. The number of benzene rings is 4. The van der Waals surface area contributed by atoms with Gasteiger partial charge in [-0.1, -0.05) is 74.5 Å². The molecule has 0 radical (unpaired) electrons. The minimum Gasteiger partial charge on any atom is -0.453 e. The Kier molecular flexibility index (Phi) is 10.5. The van der Waals surface area contributed by atoms with E-state index in [1.165, 1.54) is 20.3 Å². The molecule has 2 bridgehead atoms. The van der Waals surface area contributed by atoms with Crippen LogP contribution in [0.25, 0.3) is 33.5 Å². The standard InChI is InChI=1S/C53H53F2N7O6/c1-28(2)44(59-50(65)67-3)48(63)61-27-52(18-19-52)25-43(61)47-56-26-42(58-47)32-12-16-37-36-15-11-31(22-38(36)53(54,55)39(37)23-32)30-13-17-40-34(20-30)24-41(57-40)46-33-10-14-35(21-33)62(46)49(64)45(60-51(66)68-4)29-8-6-5-7-9-29/h5-9,11-13,15-17,20,22-23,26,28,33,35,43-46H,10,14,18-19,21,24-25,27H2,1-4H3,(H,56,58)(H,59,65)(H,60,66)/t33-,35+,43-,44-,45+,46-/m0/s1. The smallest absolute Gasteiger partial charge is 0.407 e. The molecule has 4 aromatic carbocycles. The van der Waals surface area contributed by atoms with Gasteiger partial charge in [-0.05, 0) is 113 Å². The number of likely N-dealkylation sites (tertiary alicyclic amines) is 2. The highest BCUT2D eigenvalue weighted by Crippen LogP contribution is 2.59. The Bertz CT molecular complexity index is 2910. The summed E-state index contributed by atoms with van der Waals surface area (Å²) in [6.45, 7) is 4.31. The Morgan fingerprint density at radius 3 is 2.21 bits per heavy atom. The number of nitrogens with zero attached hydrogens (tertiary/aromatic N) is 4. The zero-order chi connectivity index (χ0) is 47.2. The Labute approximate surface area is 392 Å². The summed E-state index contributed by atoms with van der Waals surface area (Å²) in [6, 6.07) is 23.2. The van der Waals surface area contributed by atoms with Crippen LogP contribution in [0.15, 0.2) is 96.1 Å². The number of aliphatic imine (C=N–C) groups is 1. The van der Waals surface area contributed by atoms with Crippen LogP contribution in [0.3, 0.4) is 0 Å². The number of aromatic nitrogens is 2. The number of carbonyl (C=O) groups excluding carboxylic acids is 4. The molecule has 4 amide bonds. The van der Waals surface area contributed by atoms with Gasteiger partial charge in [-0.15, -0.1) is 0 Å². The number of ether oxygens (including phenoxy) is 2. The van der Waals surface area contributed by atoms with Crippen molar-refractivity contribution in [2.24, 2.45) is 22.2 Å². The predicted molar refractivity (Wildman–Crippen MR) is 250 cm³/mol. The number of H-pyrrole nitrogens is 1. The molecule has 5 aromatic rings. The number of fused-ring (bicyclic) bond motifs is 6. The van der Waals surface area contributed by atoms with Crippen LogP contribution in [-0.2, 0) is 31.4 Å². The molecule has 0 unspecified atom stereocenters. The lowest BCUT2D eigenvalue weighted by Crippen LogP contribution is -2.53. The highest BCUT2D eigenvalue weighted by molar-refractivity contribution is 6.02. The van der Waals surface area contributed by atoms with Crippen LogP contribution in [-0.4, -0.2) is 88.4 Å². The van der Waals surface area contributed by atoms with Gasteiger partial charge in [-0.2, -0.15) is 8.78 Å². The summed E-state index contributed by atoms with van der Waals surface area (Å²) in [7, 11) is 2.55. The molecular weight excluding hydrogens is 869 g/mol. The number of halogens is 2. The van der Waals surface area contributed by atoms with Gasteiger partial charge in [-0.25, -0.2) is 14.6 Å². The van der Waals surface area contributed by atoms with E-state index in [1.54, 1.807) is 29.3 Å². The fraction of sp³-hybridized carbons (Fsp3) is 0.396. The molecule has 1 spiro atoms. The Balaban J connectivity index is 0.819. The fourth-order valence-corrected chi connectivity index (χ4v) is 11.7. The van der Waals surface area contributed by atoms with Crippen molar-refractivity contribution < 1.29 is 37.4 Å². The molecule has 3 aliphatic heterocycles. The summed E-state index contributed by atoms with van der Waals surface area (Å²) in [5.41, 5.74) is 6.71. The summed E-state index contributed by atoms with van der Waals surface area (Å²) in [6.07, 6.45) is 6.27. The Morgan fingerprint density at radius 1 is 0.824 bits per heavy atom. The highest BCUT2D eigenvalue weighted by Gasteiger charge is 2.56. The van der Waals surface area contributed by atoms with Crippen LogP contribution in [0.1, 0.15) is 92.5 Å². The summed E-state index contributed by atoms with van der Waals surface area (Å²) in [4.78, 5) is 70.0. The lowest BCUT2D eigenvalue weighted by molar-refractivity contribution is -0.136. The monoisotopic (exact) mass is 921 g/mol. The zero-order valence-corrected chi connectivity index (χ0v) is 38.4. The van der Waals surface area contributed by atoms with Gasteiger partial charge in [0.25, 0.3) is 11.8 Å². The van der Waals surface area contributed by atoms with E-state index in [1.807, 2.05) is 79.4 Å². The molecule has 68 heavy (non-hydrogen) atoms. The molecule has 3 aliphatic carbocycles.